The van der Waals surface area contributed by atoms with Gasteiger partial charge in [0.15, 0.2) is 0 Å². The van der Waals surface area contributed by atoms with Gasteiger partial charge in [0.1, 0.15) is 19.0 Å². The molecule has 194 valence electrons. The van der Waals surface area contributed by atoms with Crippen molar-refractivity contribution in [3.63, 3.8) is 0 Å². The Labute approximate surface area is 212 Å². The Balaban J connectivity index is 1.90. The zero-order valence-electron chi connectivity index (χ0n) is 18.2. The summed E-state index contributed by atoms with van der Waals surface area (Å²) in [5.41, 5.74) is 0.139. The first-order valence-electron chi connectivity index (χ1n) is 10.1. The smallest absolute Gasteiger partial charge is 0.448 e. The predicted molar refractivity (Wildman–Crippen MR) is 121 cm³/mol. The second kappa shape index (κ2) is 13.5. The molecule has 15 heteroatoms. The average Bonchev–Trinajstić information content (AvgIpc) is 2.79. The number of benzene rings is 1. The number of hydrogen-bond donors (Lipinski definition) is 3. The lowest BCUT2D eigenvalue weighted by Crippen LogP contribution is -2.40. The van der Waals surface area contributed by atoms with Crippen LogP contribution in [0.2, 0.25) is 10.0 Å². The number of rotatable bonds is 10. The number of alkyl halides is 3. The number of halogens is 5. The molecule has 0 aliphatic carbocycles. The molecular formula is C21H19Cl2F3N4O6. The first kappa shape index (κ1) is 28.7. The van der Waals surface area contributed by atoms with Crippen molar-refractivity contribution in [2.24, 2.45) is 0 Å². The number of carbonyl (C=O) groups excluding carboxylic acids is 4. The summed E-state index contributed by atoms with van der Waals surface area (Å²) in [6, 6.07) is 7.86. The fourth-order valence-electron chi connectivity index (χ4n) is 2.64. The number of anilines is 1. The molecule has 1 aromatic carbocycles. The molecule has 2 rings (SSSR count). The minimum atomic E-state index is -5.38. The van der Waals surface area contributed by atoms with E-state index in [-0.39, 0.29) is 28.8 Å². The van der Waals surface area contributed by atoms with Crippen LogP contribution in [0.5, 0.6) is 0 Å². The average molecular weight is 551 g/mol. The SMILES string of the molecule is O=C(CNC(=O)OCCNc1ccccn1)NC(CC(=O)OC(=O)C(F)(F)F)c1cc(Cl)cc(Cl)c1. The molecule has 3 N–H and O–H groups in total. The molecule has 0 spiro atoms. The second-order valence-corrected chi connectivity index (χ2v) is 7.79. The third-order valence-corrected chi connectivity index (χ3v) is 4.57. The number of nitrogens with one attached hydrogen (secondary N) is 3. The van der Waals surface area contributed by atoms with Crippen LogP contribution in [0.25, 0.3) is 0 Å². The second-order valence-electron chi connectivity index (χ2n) is 6.92. The zero-order valence-corrected chi connectivity index (χ0v) is 19.7. The lowest BCUT2D eigenvalue weighted by atomic mass is 10.0. The molecule has 0 bridgehead atoms. The molecule has 0 aliphatic heterocycles. The van der Waals surface area contributed by atoms with E-state index in [0.717, 1.165) is 0 Å². The van der Waals surface area contributed by atoms with Crippen molar-refractivity contribution in [2.75, 3.05) is 25.0 Å². The van der Waals surface area contributed by atoms with E-state index in [1.807, 2.05) is 0 Å². The Morgan fingerprint density at radius 2 is 1.75 bits per heavy atom. The molecule has 2 amide bonds. The first-order valence-corrected chi connectivity index (χ1v) is 10.8. The van der Waals surface area contributed by atoms with Crippen molar-refractivity contribution in [1.82, 2.24) is 15.6 Å². The Bertz CT molecular complexity index is 1070. The van der Waals surface area contributed by atoms with Crippen LogP contribution in [0.4, 0.5) is 23.8 Å². The van der Waals surface area contributed by atoms with Gasteiger partial charge in [0, 0.05) is 16.2 Å². The highest BCUT2D eigenvalue weighted by Gasteiger charge is 2.42. The third kappa shape index (κ3) is 10.4. The summed E-state index contributed by atoms with van der Waals surface area (Å²) in [4.78, 5) is 50.9. The standard InChI is InChI=1S/C21H19Cl2F3N4O6/c22-13-7-12(8-14(23)9-13)15(10-18(32)36-19(33)21(24,25)26)30-17(31)11-29-20(34)35-6-5-28-16-3-1-2-4-27-16/h1-4,7-9,15H,5-6,10-11H2,(H,27,28)(H,29,34)(H,30,31). The fourth-order valence-corrected chi connectivity index (χ4v) is 3.18. The molecule has 36 heavy (non-hydrogen) atoms. The number of amides is 2. The zero-order chi connectivity index (χ0) is 26.7. The summed E-state index contributed by atoms with van der Waals surface area (Å²) in [7, 11) is 0. The van der Waals surface area contributed by atoms with Gasteiger partial charge >= 0.3 is 24.2 Å². The Morgan fingerprint density at radius 3 is 2.36 bits per heavy atom. The molecule has 1 atom stereocenters. The van der Waals surface area contributed by atoms with E-state index in [0.29, 0.717) is 5.82 Å². The van der Waals surface area contributed by atoms with Crippen molar-refractivity contribution in [2.45, 2.75) is 18.6 Å². The normalized spacial score (nSPS) is 11.7. The molecule has 1 unspecified atom stereocenters. The van der Waals surface area contributed by atoms with Gasteiger partial charge < -0.3 is 25.4 Å². The molecule has 0 fully saturated rings. The molecular weight excluding hydrogens is 532 g/mol. The van der Waals surface area contributed by atoms with Crippen LogP contribution >= 0.6 is 23.2 Å². The van der Waals surface area contributed by atoms with E-state index in [9.17, 15) is 32.3 Å². The van der Waals surface area contributed by atoms with Crippen LogP contribution in [0.1, 0.15) is 18.0 Å². The van der Waals surface area contributed by atoms with Gasteiger partial charge in [0.05, 0.1) is 19.0 Å². The largest absolute Gasteiger partial charge is 0.491 e. The summed E-state index contributed by atoms with van der Waals surface area (Å²) >= 11 is 11.8. The Kier molecular flexibility index (Phi) is 10.7. The van der Waals surface area contributed by atoms with Crippen molar-refractivity contribution in [1.29, 1.82) is 0 Å². The van der Waals surface area contributed by atoms with Gasteiger partial charge in [-0.3, -0.25) is 9.59 Å². The summed E-state index contributed by atoms with van der Waals surface area (Å²) in [5.74, 6) is -4.53. The van der Waals surface area contributed by atoms with E-state index in [1.165, 1.54) is 18.2 Å². The van der Waals surface area contributed by atoms with E-state index >= 15 is 0 Å². The van der Waals surface area contributed by atoms with Crippen LogP contribution in [-0.4, -0.2) is 54.8 Å². The number of ether oxygens (including phenoxy) is 2. The highest BCUT2D eigenvalue weighted by atomic mass is 35.5. The van der Waals surface area contributed by atoms with Gasteiger partial charge in [-0.15, -0.1) is 0 Å². The molecule has 0 aliphatic rings. The van der Waals surface area contributed by atoms with Crippen LogP contribution in [-0.2, 0) is 23.9 Å². The van der Waals surface area contributed by atoms with E-state index in [2.05, 4.69) is 25.7 Å². The molecule has 1 aromatic heterocycles. The predicted octanol–water partition coefficient (Wildman–Crippen LogP) is 3.41. The van der Waals surface area contributed by atoms with Gasteiger partial charge in [-0.25, -0.2) is 14.6 Å². The van der Waals surface area contributed by atoms with Crippen molar-refractivity contribution in [3.05, 3.63) is 58.2 Å². The minimum absolute atomic E-state index is 0.0489. The summed E-state index contributed by atoms with van der Waals surface area (Å²) in [6.45, 7) is -0.409. The van der Waals surface area contributed by atoms with E-state index in [4.69, 9.17) is 27.9 Å². The fraction of sp³-hybridized carbons (Fsp3) is 0.286. The van der Waals surface area contributed by atoms with Gasteiger partial charge in [-0.1, -0.05) is 29.3 Å². The van der Waals surface area contributed by atoms with Crippen LogP contribution in [0.15, 0.2) is 42.6 Å². The number of alkyl carbamates (subject to hydrolysis) is 1. The Morgan fingerprint density at radius 1 is 1.06 bits per heavy atom. The molecule has 0 radical (unpaired) electrons. The minimum Gasteiger partial charge on any atom is -0.448 e. The maximum Gasteiger partial charge on any atom is 0.491 e. The molecule has 2 aromatic rings. The van der Waals surface area contributed by atoms with Crippen molar-refractivity contribution >= 4 is 53.0 Å². The maximum absolute atomic E-state index is 12.4. The summed E-state index contributed by atoms with van der Waals surface area (Å²) in [5, 5.41) is 7.63. The summed E-state index contributed by atoms with van der Waals surface area (Å²) < 4.78 is 45.8. The van der Waals surface area contributed by atoms with Gasteiger partial charge in [0.25, 0.3) is 0 Å². The number of nitrogens with zero attached hydrogens (tertiary/aromatic N) is 1. The lowest BCUT2D eigenvalue weighted by molar-refractivity contribution is -0.202. The number of aromatic nitrogens is 1. The maximum atomic E-state index is 12.4. The third-order valence-electron chi connectivity index (χ3n) is 4.13. The number of esters is 2. The molecule has 0 saturated heterocycles. The summed E-state index contributed by atoms with van der Waals surface area (Å²) in [6.07, 6.45) is -5.60. The van der Waals surface area contributed by atoms with Crippen LogP contribution < -0.4 is 16.0 Å². The Hall–Kier alpha value is -3.58. The van der Waals surface area contributed by atoms with Gasteiger partial charge in [0.2, 0.25) is 5.91 Å². The number of pyridine rings is 1. The molecule has 10 nitrogen and oxygen atoms in total. The van der Waals surface area contributed by atoms with Gasteiger partial charge in [-0.2, -0.15) is 13.2 Å². The highest BCUT2D eigenvalue weighted by Crippen LogP contribution is 2.26. The number of hydrogen-bond acceptors (Lipinski definition) is 8. The first-order chi connectivity index (χ1) is 16.9. The topological polar surface area (TPSA) is 136 Å². The van der Waals surface area contributed by atoms with Crippen molar-refractivity contribution < 1.29 is 41.8 Å². The van der Waals surface area contributed by atoms with Crippen LogP contribution in [0.3, 0.4) is 0 Å². The van der Waals surface area contributed by atoms with E-state index in [1.54, 1.807) is 24.4 Å². The van der Waals surface area contributed by atoms with Gasteiger partial charge in [-0.05, 0) is 35.9 Å². The molecule has 0 saturated carbocycles. The molecule has 1 heterocycles. The van der Waals surface area contributed by atoms with Crippen molar-refractivity contribution in [3.8, 4) is 0 Å². The van der Waals surface area contributed by atoms with E-state index < -0.39 is 49.1 Å². The highest BCUT2D eigenvalue weighted by molar-refractivity contribution is 6.34. The number of carbonyl (C=O) groups is 4. The lowest BCUT2D eigenvalue weighted by Gasteiger charge is -2.19. The quantitative estimate of drug-likeness (QED) is 0.232. The van der Waals surface area contributed by atoms with Crippen LogP contribution in [0, 0.1) is 0 Å². The monoisotopic (exact) mass is 550 g/mol.